The highest BCUT2D eigenvalue weighted by Crippen LogP contribution is 2.32. The summed E-state index contributed by atoms with van der Waals surface area (Å²) in [6.07, 6.45) is 0. The largest absolute Gasteiger partial charge is 0.367 e. The summed E-state index contributed by atoms with van der Waals surface area (Å²) in [4.78, 5) is 4.21. The lowest BCUT2D eigenvalue weighted by molar-refractivity contribution is 0.480. The maximum Gasteiger partial charge on any atom is 0.296 e. The van der Waals surface area contributed by atoms with E-state index in [2.05, 4.69) is 0 Å². The monoisotopic (exact) mass is 639 g/mol. The van der Waals surface area contributed by atoms with Crippen LogP contribution in [0.25, 0.3) is 0 Å². The zero-order valence-corrected chi connectivity index (χ0v) is 25.7. The number of aryl methyl sites for hydroxylation is 3. The van der Waals surface area contributed by atoms with E-state index in [1.165, 1.54) is 18.2 Å². The van der Waals surface area contributed by atoms with Gasteiger partial charge in [-0.05, 0) is 73.9 Å². The third kappa shape index (κ3) is 7.22. The molecule has 0 saturated carbocycles. The van der Waals surface area contributed by atoms with Gasteiger partial charge in [0, 0.05) is 39.3 Å². The lowest BCUT2D eigenvalue weighted by Crippen LogP contribution is -2.37. The van der Waals surface area contributed by atoms with E-state index in [1.807, 2.05) is 0 Å². The lowest BCUT2D eigenvalue weighted by atomic mass is 10.2. The molecule has 3 N–H and O–H groups in total. The van der Waals surface area contributed by atoms with Gasteiger partial charge in [0.2, 0.25) is 0 Å². The Labute approximate surface area is 246 Å². The second kappa shape index (κ2) is 11.8. The van der Waals surface area contributed by atoms with Crippen molar-refractivity contribution in [3.8, 4) is 0 Å². The molecule has 42 heavy (non-hydrogen) atoms. The zero-order chi connectivity index (χ0) is 31.0. The molecule has 0 spiro atoms. The predicted octanol–water partition coefficient (Wildman–Crippen LogP) is 3.19. The Balaban J connectivity index is 1.89. The molecule has 0 radical (unpaired) electrons. The van der Waals surface area contributed by atoms with Crippen LogP contribution in [0.1, 0.15) is 16.7 Å². The summed E-state index contributed by atoms with van der Waals surface area (Å²) in [5, 5.41) is 0. The zero-order valence-electron chi connectivity index (χ0n) is 23.3. The molecule has 0 unspecified atom stereocenters. The second-order valence-electron chi connectivity index (χ2n) is 10.3. The molecule has 3 aromatic carbocycles. The van der Waals surface area contributed by atoms with Crippen LogP contribution in [0.15, 0.2) is 69.3 Å². The van der Waals surface area contributed by atoms with Crippen molar-refractivity contribution >= 4 is 47.4 Å². The van der Waals surface area contributed by atoms with E-state index in [1.54, 1.807) is 71.9 Å². The minimum Gasteiger partial charge on any atom is -0.367 e. The third-order valence-corrected chi connectivity index (χ3v) is 9.82. The average Bonchev–Trinajstić information content (AvgIpc) is 2.97. The van der Waals surface area contributed by atoms with Crippen LogP contribution in [-0.2, 0) is 30.4 Å². The van der Waals surface area contributed by atoms with Crippen LogP contribution in [0.4, 0.5) is 17.1 Å². The van der Waals surface area contributed by atoms with Gasteiger partial charge in [0.1, 0.15) is 14.7 Å². The van der Waals surface area contributed by atoms with Crippen molar-refractivity contribution in [1.82, 2.24) is 0 Å². The standard InChI is InChI=1S/C27H33N3O9S3/c1-19-4-7-25(40(31,32)33)22(16-19)28-10-12-29(23-17-20(2)5-8-26(23)41(34,35)36)14-15-30(13-11-28)24-18-21(3)6-9-27(24)42(37,38)39/h4-9,16-18H,10-15H2,1-3H3,(H,31,32,33)(H,34,35,36)(H,37,38,39). The van der Waals surface area contributed by atoms with Crippen molar-refractivity contribution < 1.29 is 38.9 Å². The van der Waals surface area contributed by atoms with Gasteiger partial charge in [0.05, 0.1) is 17.1 Å². The van der Waals surface area contributed by atoms with E-state index in [0.29, 0.717) is 0 Å². The van der Waals surface area contributed by atoms with E-state index in [9.17, 15) is 38.9 Å². The van der Waals surface area contributed by atoms with Crippen molar-refractivity contribution in [2.45, 2.75) is 35.5 Å². The van der Waals surface area contributed by atoms with Gasteiger partial charge in [0.15, 0.2) is 0 Å². The Morgan fingerprint density at radius 1 is 0.452 bits per heavy atom. The second-order valence-corrected chi connectivity index (χ2v) is 14.5. The summed E-state index contributed by atoms with van der Waals surface area (Å²) in [6, 6.07) is 13.4. The summed E-state index contributed by atoms with van der Waals surface area (Å²) >= 11 is 0. The number of nitrogens with zero attached hydrogens (tertiary/aromatic N) is 3. The van der Waals surface area contributed by atoms with E-state index in [0.717, 1.165) is 16.7 Å². The fraction of sp³-hybridized carbons (Fsp3) is 0.333. The van der Waals surface area contributed by atoms with Gasteiger partial charge in [-0.15, -0.1) is 0 Å². The summed E-state index contributed by atoms with van der Waals surface area (Å²) in [5.74, 6) is 0. The highest BCUT2D eigenvalue weighted by molar-refractivity contribution is 7.86. The Kier molecular flexibility index (Phi) is 8.92. The molecular weight excluding hydrogens is 607 g/mol. The van der Waals surface area contributed by atoms with Crippen LogP contribution in [0.5, 0.6) is 0 Å². The molecule has 1 fully saturated rings. The third-order valence-electron chi connectivity index (χ3n) is 7.12. The summed E-state index contributed by atoms with van der Waals surface area (Å²) in [7, 11) is -13.9. The molecule has 0 bridgehead atoms. The molecule has 0 atom stereocenters. The van der Waals surface area contributed by atoms with Crippen molar-refractivity contribution in [2.24, 2.45) is 0 Å². The van der Waals surface area contributed by atoms with E-state index < -0.39 is 30.4 Å². The summed E-state index contributed by atoms with van der Waals surface area (Å²) < 4.78 is 104. The van der Waals surface area contributed by atoms with Gasteiger partial charge < -0.3 is 14.7 Å². The average molecular weight is 640 g/mol. The molecule has 15 heteroatoms. The molecule has 1 aliphatic rings. The van der Waals surface area contributed by atoms with Gasteiger partial charge in [-0.1, -0.05) is 18.2 Å². The Morgan fingerprint density at radius 3 is 0.857 bits per heavy atom. The van der Waals surface area contributed by atoms with Gasteiger partial charge >= 0.3 is 0 Å². The highest BCUT2D eigenvalue weighted by Gasteiger charge is 2.27. The number of anilines is 3. The molecule has 0 aromatic heterocycles. The first kappa shape index (κ1) is 31.7. The number of benzene rings is 3. The maximum atomic E-state index is 12.3. The van der Waals surface area contributed by atoms with Gasteiger partial charge in [-0.2, -0.15) is 25.3 Å². The SMILES string of the molecule is Cc1ccc(S(=O)(=O)O)c(N2CCN(c3cc(C)ccc3S(=O)(=O)O)CCN(c3cc(C)ccc3S(=O)(=O)O)CC2)c1. The minimum absolute atomic E-state index is 0.178. The van der Waals surface area contributed by atoms with Crippen LogP contribution in [-0.4, -0.2) is 78.2 Å². The predicted molar refractivity (Wildman–Crippen MR) is 160 cm³/mol. The Hall–Kier alpha value is -3.21. The number of hydrogen-bond acceptors (Lipinski definition) is 9. The van der Waals surface area contributed by atoms with E-state index >= 15 is 0 Å². The van der Waals surface area contributed by atoms with Crippen molar-refractivity contribution in [1.29, 1.82) is 0 Å². The number of rotatable bonds is 6. The lowest BCUT2D eigenvalue weighted by Gasteiger charge is -2.30. The molecule has 4 rings (SSSR count). The van der Waals surface area contributed by atoms with Crippen molar-refractivity contribution in [3.05, 3.63) is 71.3 Å². The first-order chi connectivity index (χ1) is 19.4. The van der Waals surface area contributed by atoms with Crippen LogP contribution in [0.2, 0.25) is 0 Å². The minimum atomic E-state index is -4.62. The molecule has 12 nitrogen and oxygen atoms in total. The smallest absolute Gasteiger partial charge is 0.296 e. The van der Waals surface area contributed by atoms with Crippen LogP contribution in [0.3, 0.4) is 0 Å². The first-order valence-corrected chi connectivity index (χ1v) is 17.3. The van der Waals surface area contributed by atoms with E-state index in [4.69, 9.17) is 0 Å². The molecule has 228 valence electrons. The normalized spacial score (nSPS) is 15.7. The van der Waals surface area contributed by atoms with Crippen LogP contribution < -0.4 is 14.7 Å². The van der Waals surface area contributed by atoms with Crippen LogP contribution in [0, 0.1) is 20.8 Å². The highest BCUT2D eigenvalue weighted by atomic mass is 32.2. The Bertz CT molecular complexity index is 1600. The van der Waals surface area contributed by atoms with E-state index in [-0.39, 0.29) is 71.0 Å². The summed E-state index contributed by atoms with van der Waals surface area (Å²) in [5.41, 5.74) is 2.84. The molecule has 1 saturated heterocycles. The van der Waals surface area contributed by atoms with Gasteiger partial charge in [0.25, 0.3) is 30.4 Å². The Morgan fingerprint density at radius 2 is 0.667 bits per heavy atom. The van der Waals surface area contributed by atoms with Crippen molar-refractivity contribution in [2.75, 3.05) is 54.0 Å². The topological polar surface area (TPSA) is 173 Å². The fourth-order valence-electron chi connectivity index (χ4n) is 5.06. The first-order valence-electron chi connectivity index (χ1n) is 12.9. The van der Waals surface area contributed by atoms with Crippen molar-refractivity contribution in [3.63, 3.8) is 0 Å². The number of hydrogen-bond donors (Lipinski definition) is 3. The van der Waals surface area contributed by atoms with Gasteiger partial charge in [-0.25, -0.2) is 0 Å². The fourth-order valence-corrected chi connectivity index (χ4v) is 7.14. The molecule has 0 amide bonds. The molecule has 0 aliphatic carbocycles. The van der Waals surface area contributed by atoms with Gasteiger partial charge in [-0.3, -0.25) is 13.7 Å². The molecular formula is C27H33N3O9S3. The van der Waals surface area contributed by atoms with Crippen LogP contribution >= 0.6 is 0 Å². The maximum absolute atomic E-state index is 12.3. The molecule has 1 aliphatic heterocycles. The summed E-state index contributed by atoms with van der Waals surface area (Å²) in [6.45, 7) is 6.37. The quantitative estimate of drug-likeness (QED) is 0.337. The molecule has 1 heterocycles. The molecule has 3 aromatic rings.